The van der Waals surface area contributed by atoms with E-state index in [0.717, 1.165) is 102 Å². The zero-order chi connectivity index (χ0) is 83.8. The van der Waals surface area contributed by atoms with E-state index in [0.29, 0.717) is 201 Å². The third-order valence-corrected chi connectivity index (χ3v) is 17.9. The van der Waals surface area contributed by atoms with Crippen molar-refractivity contribution < 1.29 is 163 Å². The van der Waals surface area contributed by atoms with Crippen molar-refractivity contribution in [2.24, 2.45) is 0 Å². The van der Waals surface area contributed by atoms with Crippen LogP contribution in [0.25, 0.3) is 0 Å². The summed E-state index contributed by atoms with van der Waals surface area (Å²) in [5.41, 5.74) is 1.98. The zero-order valence-corrected chi connectivity index (χ0v) is 68.7. The van der Waals surface area contributed by atoms with Gasteiger partial charge in [-0.15, -0.1) is 0 Å². The number of hydrogen-bond acceptors (Lipinski definition) is 29. The first-order chi connectivity index (χ1) is 54.9. The Bertz CT molecular complexity index is 3020. The molecule has 0 aliphatic carbocycles. The SMILES string of the molecule is CCCOCCOCCNc1nc(Cc2ccc(CC3CN(C)CCN(CC(=O)O)CCN(CC(=O)O)CCN3CC(=O)O)cc2)nc(N2CCN(CCCCCCCCCCC(=O)NCCCC[C@H](NC(=O)N[C@@H](CCC(=O)O)C(=O)O)C(=O)O)CC2)n1.COCCOCCOCCOCCOCCOCCC(=O)O.O=C=O.[Lu]. The number of benzene rings is 1. The molecule has 1 aromatic carbocycles. The van der Waals surface area contributed by atoms with E-state index in [-0.39, 0.29) is 100 Å². The summed E-state index contributed by atoms with van der Waals surface area (Å²) < 4.78 is 42.3. The van der Waals surface area contributed by atoms with Crippen molar-refractivity contribution in [1.82, 2.24) is 55.4 Å². The summed E-state index contributed by atoms with van der Waals surface area (Å²) >= 11 is 0. The Labute approximate surface area is 703 Å². The van der Waals surface area contributed by atoms with Crippen molar-refractivity contribution in [3.63, 3.8) is 0 Å². The van der Waals surface area contributed by atoms with Gasteiger partial charge in [0.15, 0.2) is 0 Å². The Morgan fingerprint density at radius 2 is 0.957 bits per heavy atom. The fourth-order valence-corrected chi connectivity index (χ4v) is 11.8. The van der Waals surface area contributed by atoms with Gasteiger partial charge in [0.2, 0.25) is 17.8 Å². The van der Waals surface area contributed by atoms with E-state index < -0.39 is 66.3 Å². The third-order valence-electron chi connectivity index (χ3n) is 17.9. The van der Waals surface area contributed by atoms with Gasteiger partial charge in [0.1, 0.15) is 17.9 Å². The molecule has 2 fully saturated rings. The second kappa shape index (κ2) is 69.0. The molecule has 115 heavy (non-hydrogen) atoms. The largest absolute Gasteiger partial charge is 0.481 e. The number of aromatic nitrogens is 3. The van der Waals surface area contributed by atoms with Crippen LogP contribution in [0, 0.1) is 36.9 Å². The predicted molar refractivity (Wildman–Crippen MR) is 414 cm³/mol. The maximum atomic E-state index is 12.4. The average molecular weight is 1800 g/mol. The smallest absolute Gasteiger partial charge is 0.373 e. The van der Waals surface area contributed by atoms with Gasteiger partial charge in [0.25, 0.3) is 0 Å². The zero-order valence-electron chi connectivity index (χ0n) is 67.1. The fraction of sp³-hybridized carbons (Fsp3) is 0.747. The van der Waals surface area contributed by atoms with Crippen LogP contribution in [0.3, 0.4) is 0 Å². The van der Waals surface area contributed by atoms with E-state index in [1.54, 1.807) is 16.9 Å². The summed E-state index contributed by atoms with van der Waals surface area (Å²) in [6.07, 6.45) is 11.0. The van der Waals surface area contributed by atoms with Gasteiger partial charge in [0.05, 0.1) is 119 Å². The molecule has 3 amide bonds. The quantitative estimate of drug-likeness (QED) is 0.0421. The number of aliphatic carboxylic acids is 7. The number of anilines is 2. The molecule has 39 nitrogen and oxygen atoms in total. The molecule has 2 saturated heterocycles. The number of carbonyl (C=O) groups is 9. The molecule has 4 rings (SSSR count). The normalized spacial score (nSPS) is 15.1. The number of amides is 3. The van der Waals surface area contributed by atoms with Gasteiger partial charge in [-0.25, -0.2) is 14.4 Å². The minimum atomic E-state index is -1.49. The van der Waals surface area contributed by atoms with Crippen LogP contribution in [0.1, 0.15) is 127 Å². The van der Waals surface area contributed by atoms with Crippen LogP contribution in [0.5, 0.6) is 0 Å². The fourth-order valence-electron chi connectivity index (χ4n) is 11.8. The van der Waals surface area contributed by atoms with Gasteiger partial charge in [-0.1, -0.05) is 69.7 Å². The van der Waals surface area contributed by atoms with E-state index in [1.165, 1.54) is 0 Å². The number of hydrogen-bond donors (Lipinski definition) is 11. The van der Waals surface area contributed by atoms with Crippen LogP contribution in [0.2, 0.25) is 0 Å². The number of methoxy groups -OCH3 is 1. The molecule has 0 bridgehead atoms. The van der Waals surface area contributed by atoms with E-state index in [4.69, 9.17) is 72.6 Å². The Kier molecular flexibility index (Phi) is 63.5. The molecule has 1 radical (unpaired) electrons. The second-order valence-electron chi connectivity index (χ2n) is 27.2. The Hall–Kier alpha value is -7.05. The minimum absolute atomic E-state index is 0. The Morgan fingerprint density at radius 1 is 0.487 bits per heavy atom. The molecule has 40 heteroatoms. The second-order valence-corrected chi connectivity index (χ2v) is 27.2. The molecule has 2 aliphatic heterocycles. The molecule has 11 N–H and O–H groups in total. The number of carbonyl (C=O) groups excluding carboxylic acids is 4. The first-order valence-electron chi connectivity index (χ1n) is 39.3. The summed E-state index contributed by atoms with van der Waals surface area (Å²) in [5, 5.41) is 75.7. The molecule has 663 valence electrons. The number of ether oxygens (including phenoxy) is 8. The van der Waals surface area contributed by atoms with Crippen LogP contribution in [-0.4, -0.2) is 378 Å². The molecule has 0 saturated carbocycles. The monoisotopic (exact) mass is 1800 g/mol. The molecular weight excluding hydrogens is 1670 g/mol. The molecule has 2 aromatic rings. The first kappa shape index (κ1) is 106. The standard InChI is InChI=1S/C60H99N13O16.C14H28O8.CO2.Lu/c1-3-35-88-37-38-89-36-23-62-58-65-50(40-46-18-16-45(17-19-46)39-47-41-68(2)25-26-70(42-53(77)78)27-28-71(43-54(79)80)31-34-73(47)44-55(81)82)66-59(67-58)72-32-29-69(30-33-72)24-13-9-7-5-4-6-8-10-15-51(74)61-22-12-11-14-48(56(83)84)63-60(87)64-49(57(85)86)20-21-52(75)76;1-17-4-5-19-8-9-21-12-13-22-11-10-20-7-6-18-3-2-14(15)16;2-1-3;/h16-19,47-49H,3-15,20-44H2,1-2H3,(H,61,74)(H,75,76)(H,77,78)(H,79,80)(H,81,82)(H,83,84)(H,85,86)(H2,63,64,87)(H,62,65,66,67);2-13H2,1H3,(H,15,16);;/t47?,48-,49-;;;/m0.../s1. The predicted octanol–water partition coefficient (Wildman–Crippen LogP) is 1.93. The van der Waals surface area contributed by atoms with Gasteiger partial charge in [-0.3, -0.25) is 48.4 Å². The number of unbranched alkanes of at least 4 members (excludes halogenated alkanes) is 8. The Morgan fingerprint density at radius 3 is 1.48 bits per heavy atom. The number of urea groups is 1. The van der Waals surface area contributed by atoms with Gasteiger partial charge in [-0.05, 0) is 76.1 Å². The average Bonchev–Trinajstić information content (AvgIpc) is 0.826. The van der Waals surface area contributed by atoms with Gasteiger partial charge < -0.3 is 105 Å². The summed E-state index contributed by atoms with van der Waals surface area (Å²) in [4.78, 5) is 148. The van der Waals surface area contributed by atoms with Crippen LogP contribution < -0.4 is 26.2 Å². The summed E-state index contributed by atoms with van der Waals surface area (Å²) in [5.74, 6) is -6.18. The van der Waals surface area contributed by atoms with Crippen LogP contribution in [-0.2, 0) is 98.7 Å². The van der Waals surface area contributed by atoms with Crippen LogP contribution in [0.4, 0.5) is 16.7 Å². The summed E-state index contributed by atoms with van der Waals surface area (Å²) in [7, 11) is 3.58. The first-order valence-corrected chi connectivity index (χ1v) is 39.3. The molecular formula is C75H127LuN13O26. The number of carboxylic acid groups (broad SMARTS) is 7. The molecule has 3 atom stereocenters. The van der Waals surface area contributed by atoms with Gasteiger partial charge in [-0.2, -0.15) is 24.5 Å². The van der Waals surface area contributed by atoms with Crippen LogP contribution >= 0.6 is 0 Å². The molecule has 2 aliphatic rings. The molecule has 1 aromatic heterocycles. The minimum Gasteiger partial charge on any atom is -0.481 e. The summed E-state index contributed by atoms with van der Waals surface area (Å²) in [6.45, 7) is 16.8. The van der Waals surface area contributed by atoms with Crippen LogP contribution in [0.15, 0.2) is 24.3 Å². The van der Waals surface area contributed by atoms with E-state index in [9.17, 15) is 68.7 Å². The third kappa shape index (κ3) is 57.7. The molecule has 0 spiro atoms. The number of nitrogens with one attached hydrogen (secondary N) is 4. The number of piperazine rings is 1. The van der Waals surface area contributed by atoms with Crippen molar-refractivity contribution in [1.29, 1.82) is 0 Å². The molecule has 1 unspecified atom stereocenters. The number of carboxylic acids is 7. The number of rotatable bonds is 61. The topological polar surface area (TPSA) is 509 Å². The maximum absolute atomic E-state index is 12.4. The van der Waals surface area contributed by atoms with Gasteiger partial charge >= 0.3 is 54.0 Å². The van der Waals surface area contributed by atoms with Crippen molar-refractivity contribution in [2.45, 2.75) is 141 Å². The van der Waals surface area contributed by atoms with Gasteiger partial charge in [0, 0.05) is 161 Å². The van der Waals surface area contributed by atoms with Crippen molar-refractivity contribution >= 4 is 71.8 Å². The van der Waals surface area contributed by atoms with E-state index >= 15 is 0 Å². The number of nitrogens with zero attached hydrogens (tertiary/aromatic N) is 9. The van der Waals surface area contributed by atoms with Crippen molar-refractivity contribution in [3.8, 4) is 0 Å². The summed E-state index contributed by atoms with van der Waals surface area (Å²) in [6, 6.07) is 4.11. The van der Waals surface area contributed by atoms with E-state index in [1.807, 2.05) is 36.2 Å². The van der Waals surface area contributed by atoms with Crippen molar-refractivity contribution in [2.75, 3.05) is 235 Å². The molecule has 3 heterocycles. The van der Waals surface area contributed by atoms with Crippen molar-refractivity contribution in [3.05, 3.63) is 41.2 Å². The van der Waals surface area contributed by atoms with E-state index in [2.05, 4.69) is 42.9 Å². The maximum Gasteiger partial charge on any atom is 0.373 e. The number of likely N-dealkylation sites (N-methyl/N-ethyl adjacent to an activating group) is 1. The Balaban J connectivity index is 0.00000217.